The van der Waals surface area contributed by atoms with Gasteiger partial charge in [0.15, 0.2) is 0 Å². The van der Waals surface area contributed by atoms with Crippen molar-refractivity contribution < 1.29 is 9.53 Å². The minimum Gasteiger partial charge on any atom is -0.374 e. The van der Waals surface area contributed by atoms with E-state index in [1.54, 1.807) is 0 Å². The molecule has 3 heteroatoms. The Morgan fingerprint density at radius 3 is 2.58 bits per heavy atom. The second-order valence-electron chi connectivity index (χ2n) is 6.67. The number of amides is 1. The largest absolute Gasteiger partial charge is 0.374 e. The van der Waals surface area contributed by atoms with Gasteiger partial charge in [-0.1, -0.05) is 61.4 Å². The normalized spacial score (nSPS) is 23.6. The molecule has 0 bridgehead atoms. The molecule has 0 N–H and O–H groups in total. The van der Waals surface area contributed by atoms with Gasteiger partial charge in [0.25, 0.3) is 5.91 Å². The Labute approximate surface area is 143 Å². The lowest BCUT2D eigenvalue weighted by molar-refractivity contribution is -0.0752. The van der Waals surface area contributed by atoms with Gasteiger partial charge in [-0.05, 0) is 30.0 Å². The van der Waals surface area contributed by atoms with Crippen molar-refractivity contribution >= 4 is 5.91 Å². The van der Waals surface area contributed by atoms with Crippen LogP contribution in [-0.2, 0) is 4.74 Å². The Bertz CT molecular complexity index is 711. The van der Waals surface area contributed by atoms with Crippen LogP contribution in [0.1, 0.15) is 36.0 Å². The van der Waals surface area contributed by atoms with Crippen molar-refractivity contribution in [2.75, 3.05) is 13.2 Å². The summed E-state index contributed by atoms with van der Waals surface area (Å²) in [5, 5.41) is 0. The lowest BCUT2D eigenvalue weighted by Crippen LogP contribution is -2.54. The highest BCUT2D eigenvalue weighted by Crippen LogP contribution is 2.31. The minimum atomic E-state index is 0.148. The Morgan fingerprint density at radius 2 is 1.71 bits per heavy atom. The van der Waals surface area contributed by atoms with Crippen LogP contribution in [0.2, 0.25) is 0 Å². The molecule has 3 nitrogen and oxygen atoms in total. The number of rotatable bonds is 2. The summed E-state index contributed by atoms with van der Waals surface area (Å²) in [7, 11) is 0. The first-order valence-corrected chi connectivity index (χ1v) is 8.91. The fourth-order valence-electron chi connectivity index (χ4n) is 4.04. The predicted molar refractivity (Wildman–Crippen MR) is 94.9 cm³/mol. The minimum absolute atomic E-state index is 0.148. The Morgan fingerprint density at radius 1 is 0.958 bits per heavy atom. The molecule has 1 aliphatic heterocycles. The molecular weight excluding hydrogens is 298 g/mol. The zero-order valence-corrected chi connectivity index (χ0v) is 13.9. The van der Waals surface area contributed by atoms with Gasteiger partial charge >= 0.3 is 0 Å². The molecular formula is C21H23NO2. The van der Waals surface area contributed by atoms with Gasteiger partial charge in [-0.2, -0.15) is 0 Å². The van der Waals surface area contributed by atoms with Crippen LogP contribution in [0.25, 0.3) is 11.1 Å². The molecule has 2 aliphatic rings. The molecule has 2 unspecified atom stereocenters. The fourth-order valence-corrected chi connectivity index (χ4v) is 4.04. The number of benzene rings is 2. The summed E-state index contributed by atoms with van der Waals surface area (Å²) in [5.74, 6) is 0.148. The zero-order chi connectivity index (χ0) is 16.4. The van der Waals surface area contributed by atoms with Crippen LogP contribution < -0.4 is 0 Å². The van der Waals surface area contributed by atoms with Gasteiger partial charge in [-0.25, -0.2) is 0 Å². The van der Waals surface area contributed by atoms with Crippen LogP contribution in [-0.4, -0.2) is 36.1 Å². The van der Waals surface area contributed by atoms with Crippen LogP contribution in [0.3, 0.4) is 0 Å². The maximum absolute atomic E-state index is 13.3. The monoisotopic (exact) mass is 321 g/mol. The van der Waals surface area contributed by atoms with Gasteiger partial charge in [-0.15, -0.1) is 0 Å². The van der Waals surface area contributed by atoms with Crippen molar-refractivity contribution in [3.05, 3.63) is 60.2 Å². The van der Waals surface area contributed by atoms with E-state index in [0.717, 1.165) is 29.5 Å². The molecule has 1 amide bonds. The van der Waals surface area contributed by atoms with Crippen molar-refractivity contribution in [1.29, 1.82) is 0 Å². The Balaban J connectivity index is 1.67. The van der Waals surface area contributed by atoms with Gasteiger partial charge in [0.1, 0.15) is 0 Å². The van der Waals surface area contributed by atoms with Crippen molar-refractivity contribution in [3.8, 4) is 11.1 Å². The second-order valence-corrected chi connectivity index (χ2v) is 6.67. The van der Waals surface area contributed by atoms with Crippen molar-refractivity contribution in [1.82, 2.24) is 4.90 Å². The maximum atomic E-state index is 13.3. The quantitative estimate of drug-likeness (QED) is 0.832. The van der Waals surface area contributed by atoms with E-state index in [1.807, 2.05) is 42.5 Å². The van der Waals surface area contributed by atoms with E-state index in [-0.39, 0.29) is 18.1 Å². The summed E-state index contributed by atoms with van der Waals surface area (Å²) >= 11 is 0. The number of fused-ring (bicyclic) bond motifs is 1. The number of ether oxygens (including phenoxy) is 1. The molecule has 0 radical (unpaired) electrons. The van der Waals surface area contributed by atoms with Crippen LogP contribution in [0.15, 0.2) is 54.6 Å². The molecule has 24 heavy (non-hydrogen) atoms. The summed E-state index contributed by atoms with van der Waals surface area (Å²) < 4.78 is 5.92. The van der Waals surface area contributed by atoms with E-state index >= 15 is 0 Å². The Kier molecular flexibility index (Phi) is 4.35. The van der Waals surface area contributed by atoms with Gasteiger partial charge in [0.05, 0.1) is 18.8 Å². The first-order valence-electron chi connectivity index (χ1n) is 8.91. The third-order valence-electron chi connectivity index (χ3n) is 5.24. The highest BCUT2D eigenvalue weighted by molar-refractivity contribution is 6.01. The van der Waals surface area contributed by atoms with Gasteiger partial charge in [-0.3, -0.25) is 4.79 Å². The molecule has 0 aromatic heterocycles. The zero-order valence-electron chi connectivity index (χ0n) is 13.9. The third-order valence-corrected chi connectivity index (χ3v) is 5.24. The van der Waals surface area contributed by atoms with Crippen LogP contribution in [0, 0.1) is 0 Å². The molecule has 4 rings (SSSR count). The molecule has 1 saturated carbocycles. The fraction of sp³-hybridized carbons (Fsp3) is 0.381. The molecule has 2 fully saturated rings. The third kappa shape index (κ3) is 2.84. The van der Waals surface area contributed by atoms with E-state index in [9.17, 15) is 4.79 Å². The van der Waals surface area contributed by atoms with Crippen molar-refractivity contribution in [2.45, 2.75) is 37.8 Å². The number of hydrogen-bond donors (Lipinski definition) is 0. The number of carbonyl (C=O) groups excluding carboxylic acids is 1. The molecule has 2 atom stereocenters. The van der Waals surface area contributed by atoms with Crippen molar-refractivity contribution in [3.63, 3.8) is 0 Å². The Hall–Kier alpha value is -2.13. The van der Waals surface area contributed by atoms with Crippen molar-refractivity contribution in [2.24, 2.45) is 0 Å². The lowest BCUT2D eigenvalue weighted by atomic mass is 9.89. The molecule has 2 aromatic rings. The first-order chi connectivity index (χ1) is 11.8. The number of morpholine rings is 1. The summed E-state index contributed by atoms with van der Waals surface area (Å²) in [4.78, 5) is 15.4. The lowest BCUT2D eigenvalue weighted by Gasteiger charge is -2.44. The van der Waals surface area contributed by atoms with E-state index in [2.05, 4.69) is 17.0 Å². The van der Waals surface area contributed by atoms with Gasteiger partial charge in [0, 0.05) is 12.1 Å². The van der Waals surface area contributed by atoms with E-state index in [1.165, 1.54) is 12.8 Å². The number of hydrogen-bond acceptors (Lipinski definition) is 2. The maximum Gasteiger partial charge on any atom is 0.254 e. The van der Waals surface area contributed by atoms with Gasteiger partial charge in [0.2, 0.25) is 0 Å². The molecule has 124 valence electrons. The van der Waals surface area contributed by atoms with E-state index < -0.39 is 0 Å². The topological polar surface area (TPSA) is 29.5 Å². The number of carbonyl (C=O) groups is 1. The highest BCUT2D eigenvalue weighted by atomic mass is 16.5. The van der Waals surface area contributed by atoms with Crippen LogP contribution in [0.5, 0.6) is 0 Å². The highest BCUT2D eigenvalue weighted by Gasteiger charge is 2.37. The first kappa shape index (κ1) is 15.4. The summed E-state index contributed by atoms with van der Waals surface area (Å²) in [6, 6.07) is 18.4. The average Bonchev–Trinajstić information content (AvgIpc) is 2.68. The molecule has 2 aromatic carbocycles. The summed E-state index contributed by atoms with van der Waals surface area (Å²) in [6.07, 6.45) is 4.76. The molecule has 0 spiro atoms. The average molecular weight is 321 g/mol. The van der Waals surface area contributed by atoms with Gasteiger partial charge < -0.3 is 9.64 Å². The standard InChI is InChI=1S/C21H23NO2/c23-21(22-14-15-24-20-13-7-6-12-19(20)22)18-11-5-4-10-17(18)16-8-2-1-3-9-16/h1-5,8-11,19-20H,6-7,12-15H2. The van der Waals surface area contributed by atoms with Crippen LogP contribution >= 0.6 is 0 Å². The molecule has 1 saturated heterocycles. The molecule has 1 aliphatic carbocycles. The predicted octanol–water partition coefficient (Wildman–Crippen LogP) is 4.14. The smallest absolute Gasteiger partial charge is 0.254 e. The van der Waals surface area contributed by atoms with Crippen LogP contribution in [0.4, 0.5) is 0 Å². The summed E-state index contributed by atoms with van der Waals surface area (Å²) in [5.41, 5.74) is 2.91. The number of nitrogens with zero attached hydrogens (tertiary/aromatic N) is 1. The summed E-state index contributed by atoms with van der Waals surface area (Å²) in [6.45, 7) is 1.35. The second kappa shape index (κ2) is 6.78. The van der Waals surface area contributed by atoms with E-state index in [4.69, 9.17) is 4.74 Å². The van der Waals surface area contributed by atoms with E-state index in [0.29, 0.717) is 13.2 Å². The SMILES string of the molecule is O=C(c1ccccc1-c1ccccc1)N1CCOC2CCCCC21. The molecule has 1 heterocycles.